The molecule has 5 heteroatoms. The number of anilines is 3. The number of rotatable bonds is 3. The van der Waals surface area contributed by atoms with E-state index in [1.54, 1.807) is 0 Å². The summed E-state index contributed by atoms with van der Waals surface area (Å²) in [6, 6.07) is 13.4. The summed E-state index contributed by atoms with van der Waals surface area (Å²) in [5.41, 5.74) is 3.45. The van der Waals surface area contributed by atoms with E-state index in [0.29, 0.717) is 17.1 Å². The third-order valence-electron chi connectivity index (χ3n) is 4.10. The lowest BCUT2D eigenvalue weighted by Gasteiger charge is -2.26. The van der Waals surface area contributed by atoms with Crippen LogP contribution in [0, 0.1) is 0 Å². The van der Waals surface area contributed by atoms with Crippen molar-refractivity contribution in [3.05, 3.63) is 53.1 Å². The first-order valence-electron chi connectivity index (χ1n) is 7.58. The molecule has 0 aliphatic carbocycles. The highest BCUT2D eigenvalue weighted by molar-refractivity contribution is 6.31. The monoisotopic (exact) mass is 329 g/mol. The number of para-hydroxylation sites is 1. The van der Waals surface area contributed by atoms with Gasteiger partial charge in [-0.25, -0.2) is 0 Å². The molecular formula is C18H20ClN3O. The topological polar surface area (TPSA) is 26.8 Å². The van der Waals surface area contributed by atoms with Gasteiger partial charge in [-0.15, -0.1) is 0 Å². The number of hydrogen-bond acceptors (Lipinski definition) is 3. The van der Waals surface area contributed by atoms with Gasteiger partial charge >= 0.3 is 0 Å². The molecule has 3 rings (SSSR count). The Morgan fingerprint density at radius 3 is 2.52 bits per heavy atom. The molecule has 0 saturated heterocycles. The van der Waals surface area contributed by atoms with Gasteiger partial charge in [0.05, 0.1) is 22.6 Å². The highest BCUT2D eigenvalue weighted by atomic mass is 35.5. The van der Waals surface area contributed by atoms with Crippen LogP contribution in [0.3, 0.4) is 0 Å². The molecule has 2 aromatic rings. The fourth-order valence-corrected chi connectivity index (χ4v) is 3.02. The first-order valence-corrected chi connectivity index (χ1v) is 7.95. The molecule has 0 aromatic heterocycles. The normalized spacial score (nSPS) is 13.9. The number of halogens is 1. The number of nitrogens with zero attached hydrogens (tertiary/aromatic N) is 3. The Balaban J connectivity index is 2.17. The first kappa shape index (κ1) is 15.8. The highest BCUT2D eigenvalue weighted by Crippen LogP contribution is 2.40. The molecule has 2 aromatic carbocycles. The third kappa shape index (κ3) is 2.92. The van der Waals surface area contributed by atoms with Gasteiger partial charge in [-0.05, 0) is 44.4 Å². The van der Waals surface area contributed by atoms with E-state index in [1.807, 2.05) is 68.5 Å². The quantitative estimate of drug-likeness (QED) is 0.860. The summed E-state index contributed by atoms with van der Waals surface area (Å²) >= 11 is 6.20. The van der Waals surface area contributed by atoms with Gasteiger partial charge in [0.25, 0.3) is 5.91 Å². The zero-order chi connectivity index (χ0) is 16.6. The molecule has 0 bridgehead atoms. The second-order valence-corrected chi connectivity index (χ2v) is 6.41. The van der Waals surface area contributed by atoms with Crippen molar-refractivity contribution in [1.82, 2.24) is 4.90 Å². The molecular weight excluding hydrogens is 310 g/mol. The Morgan fingerprint density at radius 1 is 1.04 bits per heavy atom. The Morgan fingerprint density at radius 2 is 1.78 bits per heavy atom. The molecule has 0 spiro atoms. The smallest absolute Gasteiger partial charge is 0.260 e. The predicted molar refractivity (Wildman–Crippen MR) is 96.2 cm³/mol. The lowest BCUT2D eigenvalue weighted by Crippen LogP contribution is -2.36. The van der Waals surface area contributed by atoms with Crippen LogP contribution in [-0.2, 0) is 0 Å². The minimum atomic E-state index is 0.00955. The lowest BCUT2D eigenvalue weighted by atomic mass is 10.1. The van der Waals surface area contributed by atoms with Crippen molar-refractivity contribution in [3.63, 3.8) is 0 Å². The van der Waals surface area contributed by atoms with Gasteiger partial charge < -0.3 is 14.7 Å². The maximum atomic E-state index is 13.1. The molecule has 23 heavy (non-hydrogen) atoms. The molecule has 0 atom stereocenters. The Labute approximate surface area is 141 Å². The van der Waals surface area contributed by atoms with Crippen LogP contribution in [0.1, 0.15) is 10.4 Å². The number of fused-ring (bicyclic) bond motifs is 2. The van der Waals surface area contributed by atoms with E-state index in [9.17, 15) is 4.79 Å². The summed E-state index contributed by atoms with van der Waals surface area (Å²) in [5.74, 6) is 0.00955. The number of amides is 1. The van der Waals surface area contributed by atoms with Crippen molar-refractivity contribution in [2.24, 2.45) is 0 Å². The zero-order valence-electron chi connectivity index (χ0n) is 13.6. The van der Waals surface area contributed by atoms with Crippen molar-refractivity contribution in [1.29, 1.82) is 0 Å². The van der Waals surface area contributed by atoms with E-state index >= 15 is 0 Å². The molecule has 1 aliphatic heterocycles. The van der Waals surface area contributed by atoms with Crippen LogP contribution in [0.15, 0.2) is 42.5 Å². The second-order valence-electron chi connectivity index (χ2n) is 5.97. The molecule has 1 amide bonds. The Kier molecular flexibility index (Phi) is 4.28. The van der Waals surface area contributed by atoms with E-state index < -0.39 is 0 Å². The van der Waals surface area contributed by atoms with Crippen LogP contribution in [0.2, 0.25) is 5.02 Å². The average Bonchev–Trinajstić information content (AvgIpc) is 2.61. The summed E-state index contributed by atoms with van der Waals surface area (Å²) in [7, 11) is 5.98. The van der Waals surface area contributed by atoms with E-state index in [-0.39, 0.29) is 5.91 Å². The number of hydrogen-bond donors (Lipinski definition) is 0. The largest absolute Gasteiger partial charge is 0.342 e. The summed E-state index contributed by atoms with van der Waals surface area (Å²) < 4.78 is 0. The van der Waals surface area contributed by atoms with Gasteiger partial charge in [-0.3, -0.25) is 4.79 Å². The van der Waals surface area contributed by atoms with Crippen LogP contribution in [0.5, 0.6) is 0 Å². The maximum absolute atomic E-state index is 13.1. The number of carbonyl (C=O) groups excluding carboxylic acids is 1. The van der Waals surface area contributed by atoms with Gasteiger partial charge in [-0.1, -0.05) is 23.7 Å². The number of likely N-dealkylation sites (N-methyl/N-ethyl adjacent to an activating group) is 1. The standard InChI is InChI=1S/C18H20ClN3O/c1-20(2)10-11-22-17-12-13(19)8-9-16(17)21(3)15-7-5-4-6-14(15)18(22)23/h4-9,12H,10-11H2,1-3H3. The van der Waals surface area contributed by atoms with Crippen LogP contribution in [0.4, 0.5) is 17.1 Å². The summed E-state index contributed by atoms with van der Waals surface area (Å²) in [6.45, 7) is 1.39. The van der Waals surface area contributed by atoms with Gasteiger partial charge in [0.1, 0.15) is 0 Å². The average molecular weight is 330 g/mol. The SMILES string of the molecule is CN(C)CCN1C(=O)c2ccccc2N(C)c2ccc(Cl)cc21. The summed E-state index contributed by atoms with van der Waals surface area (Å²) in [5, 5.41) is 0.630. The molecule has 4 nitrogen and oxygen atoms in total. The molecule has 120 valence electrons. The Hall–Kier alpha value is -2.04. The van der Waals surface area contributed by atoms with Crippen molar-refractivity contribution in [2.75, 3.05) is 44.0 Å². The van der Waals surface area contributed by atoms with Crippen LogP contribution >= 0.6 is 11.6 Å². The molecule has 1 aliphatic rings. The molecule has 0 N–H and O–H groups in total. The molecule has 1 heterocycles. The molecule has 0 unspecified atom stereocenters. The zero-order valence-corrected chi connectivity index (χ0v) is 14.3. The lowest BCUT2D eigenvalue weighted by molar-refractivity contribution is 0.0986. The van der Waals surface area contributed by atoms with Gasteiger partial charge in [0.15, 0.2) is 0 Å². The van der Waals surface area contributed by atoms with Crippen molar-refractivity contribution >= 4 is 34.6 Å². The van der Waals surface area contributed by atoms with E-state index in [2.05, 4.69) is 9.80 Å². The minimum absolute atomic E-state index is 0.00955. The second kappa shape index (κ2) is 6.22. The van der Waals surface area contributed by atoms with E-state index in [0.717, 1.165) is 23.6 Å². The van der Waals surface area contributed by atoms with Crippen LogP contribution < -0.4 is 9.80 Å². The predicted octanol–water partition coefficient (Wildman–Crippen LogP) is 3.63. The van der Waals surface area contributed by atoms with E-state index in [4.69, 9.17) is 11.6 Å². The van der Waals surface area contributed by atoms with Gasteiger partial charge in [-0.2, -0.15) is 0 Å². The van der Waals surface area contributed by atoms with E-state index in [1.165, 1.54) is 0 Å². The van der Waals surface area contributed by atoms with Gasteiger partial charge in [0.2, 0.25) is 0 Å². The Bertz CT molecular complexity index is 745. The fraction of sp³-hybridized carbons (Fsp3) is 0.278. The molecule has 0 fully saturated rings. The number of benzene rings is 2. The van der Waals surface area contributed by atoms with Crippen LogP contribution in [0.25, 0.3) is 0 Å². The molecule has 0 saturated carbocycles. The molecule has 0 radical (unpaired) electrons. The highest BCUT2D eigenvalue weighted by Gasteiger charge is 2.29. The number of carbonyl (C=O) groups is 1. The first-order chi connectivity index (χ1) is 11.0. The van der Waals surface area contributed by atoms with Crippen molar-refractivity contribution in [3.8, 4) is 0 Å². The van der Waals surface area contributed by atoms with Gasteiger partial charge in [0, 0.05) is 25.2 Å². The minimum Gasteiger partial charge on any atom is -0.342 e. The van der Waals surface area contributed by atoms with Crippen molar-refractivity contribution in [2.45, 2.75) is 0 Å². The maximum Gasteiger partial charge on any atom is 0.260 e. The van der Waals surface area contributed by atoms with Crippen LogP contribution in [-0.4, -0.2) is 45.0 Å². The fourth-order valence-electron chi connectivity index (χ4n) is 2.85. The third-order valence-corrected chi connectivity index (χ3v) is 4.34. The summed E-state index contributed by atoms with van der Waals surface area (Å²) in [4.78, 5) is 19.0. The summed E-state index contributed by atoms with van der Waals surface area (Å²) in [6.07, 6.45) is 0. The van der Waals surface area contributed by atoms with Crippen molar-refractivity contribution < 1.29 is 4.79 Å².